The summed E-state index contributed by atoms with van der Waals surface area (Å²) in [5.74, 6) is -3.63. The van der Waals surface area contributed by atoms with Gasteiger partial charge in [-0.25, -0.2) is 23.2 Å². The lowest BCUT2D eigenvalue weighted by molar-refractivity contribution is -0.117. The van der Waals surface area contributed by atoms with Gasteiger partial charge in [0.25, 0.3) is 0 Å². The molecule has 3 heterocycles. The maximum atomic E-state index is 15.2. The summed E-state index contributed by atoms with van der Waals surface area (Å²) in [7, 11) is -3.90. The molecule has 0 radical (unpaired) electrons. The number of alkyl carbamates (subject to hydrolysis) is 1. The van der Waals surface area contributed by atoms with Crippen LogP contribution in [0.2, 0.25) is 5.15 Å². The Morgan fingerprint density at radius 1 is 1.00 bits per heavy atom. The molecule has 15 heteroatoms. The number of carbonyl (C=O) groups is 2. The summed E-state index contributed by atoms with van der Waals surface area (Å²) < 4.78 is 63.8. The molecule has 45 heavy (non-hydrogen) atoms. The van der Waals surface area contributed by atoms with E-state index in [2.05, 4.69) is 15.3 Å². The van der Waals surface area contributed by atoms with E-state index >= 15 is 8.78 Å². The number of piperazine rings is 1. The predicted octanol–water partition coefficient (Wildman–Crippen LogP) is 4.41. The fraction of sp³-hybridized carbons (Fsp3) is 0.400. The number of nitrogens with one attached hydrogen (secondary N) is 1. The van der Waals surface area contributed by atoms with Crippen molar-refractivity contribution in [1.82, 2.24) is 19.6 Å². The zero-order valence-corrected chi connectivity index (χ0v) is 26.5. The summed E-state index contributed by atoms with van der Waals surface area (Å²) in [6, 6.07) is 13.8. The van der Waals surface area contributed by atoms with Gasteiger partial charge in [0.2, 0.25) is 21.9 Å². The maximum Gasteiger partial charge on any atom is 0.407 e. The monoisotopic (exact) mass is 662 g/mol. The molecule has 0 aliphatic carbocycles. The van der Waals surface area contributed by atoms with Crippen LogP contribution in [-0.4, -0.2) is 79.1 Å². The van der Waals surface area contributed by atoms with Crippen molar-refractivity contribution in [2.75, 3.05) is 42.5 Å². The number of sulfonamides is 1. The summed E-state index contributed by atoms with van der Waals surface area (Å²) >= 11 is 6.10. The number of anilines is 2. The second-order valence-corrected chi connectivity index (χ2v) is 14.1. The van der Waals surface area contributed by atoms with Gasteiger partial charge >= 0.3 is 12.0 Å². The van der Waals surface area contributed by atoms with Crippen LogP contribution in [0.25, 0.3) is 0 Å². The highest BCUT2D eigenvalue weighted by molar-refractivity contribution is 7.89. The van der Waals surface area contributed by atoms with Crippen LogP contribution < -0.4 is 15.1 Å². The van der Waals surface area contributed by atoms with Gasteiger partial charge in [-0.15, -0.1) is 0 Å². The average Bonchev–Trinajstić information content (AvgIpc) is 3.35. The number of alkyl halides is 2. The molecule has 2 saturated heterocycles. The molecule has 2 amide bonds. The Balaban J connectivity index is 1.22. The number of aromatic nitrogens is 2. The Bertz CT molecular complexity index is 1660. The van der Waals surface area contributed by atoms with E-state index < -0.39 is 39.4 Å². The van der Waals surface area contributed by atoms with E-state index in [1.165, 1.54) is 45.6 Å². The van der Waals surface area contributed by atoms with Gasteiger partial charge < -0.3 is 19.9 Å². The molecule has 0 saturated carbocycles. The van der Waals surface area contributed by atoms with Crippen molar-refractivity contribution in [3.8, 4) is 0 Å². The van der Waals surface area contributed by atoms with Crippen LogP contribution in [0.5, 0.6) is 0 Å². The number of amides is 2. The van der Waals surface area contributed by atoms with Crippen molar-refractivity contribution in [2.24, 2.45) is 0 Å². The van der Waals surface area contributed by atoms with Crippen LogP contribution in [0.4, 0.5) is 25.2 Å². The summed E-state index contributed by atoms with van der Waals surface area (Å²) in [4.78, 5) is 36.1. The van der Waals surface area contributed by atoms with E-state index in [0.717, 1.165) is 6.07 Å². The van der Waals surface area contributed by atoms with Crippen molar-refractivity contribution < 1.29 is 31.5 Å². The van der Waals surface area contributed by atoms with E-state index in [1.807, 2.05) is 0 Å². The highest BCUT2D eigenvalue weighted by Gasteiger charge is 2.38. The zero-order valence-electron chi connectivity index (χ0n) is 24.9. The van der Waals surface area contributed by atoms with Gasteiger partial charge in [0.15, 0.2) is 0 Å². The lowest BCUT2D eigenvalue weighted by Gasteiger charge is -2.34. The molecule has 3 aromatic rings. The lowest BCUT2D eigenvalue weighted by atomic mass is 10.1. The predicted molar refractivity (Wildman–Crippen MR) is 164 cm³/mol. The van der Waals surface area contributed by atoms with E-state index in [1.54, 1.807) is 43.9 Å². The Morgan fingerprint density at radius 2 is 1.64 bits per heavy atom. The summed E-state index contributed by atoms with van der Waals surface area (Å²) in [6.45, 7) is 5.89. The van der Waals surface area contributed by atoms with E-state index in [4.69, 9.17) is 16.3 Å². The minimum atomic E-state index is -3.90. The van der Waals surface area contributed by atoms with Crippen LogP contribution >= 0.6 is 11.6 Å². The molecular weight excluding hydrogens is 630 g/mol. The Morgan fingerprint density at radius 3 is 2.27 bits per heavy atom. The summed E-state index contributed by atoms with van der Waals surface area (Å²) in [6.07, 6.45) is -0.526. The number of carbonyl (C=O) groups excluding carboxylic acids is 2. The third-order valence-electron chi connectivity index (χ3n) is 7.29. The number of nitrogens with zero attached hydrogens (tertiary/aromatic N) is 5. The van der Waals surface area contributed by atoms with E-state index in [9.17, 15) is 18.0 Å². The first-order valence-corrected chi connectivity index (χ1v) is 16.1. The van der Waals surface area contributed by atoms with Gasteiger partial charge in [-0.2, -0.15) is 13.1 Å². The van der Waals surface area contributed by atoms with Crippen LogP contribution in [0, 0.1) is 0 Å². The largest absolute Gasteiger partial charge is 0.444 e. The summed E-state index contributed by atoms with van der Waals surface area (Å²) in [5.41, 5.74) is -0.965. The van der Waals surface area contributed by atoms with Gasteiger partial charge in [-0.3, -0.25) is 4.79 Å². The van der Waals surface area contributed by atoms with Crippen LogP contribution in [-0.2, 0) is 25.5 Å². The molecule has 0 bridgehead atoms. The maximum absolute atomic E-state index is 15.2. The molecule has 11 nitrogen and oxygen atoms in total. The van der Waals surface area contributed by atoms with Crippen molar-refractivity contribution in [3.05, 3.63) is 77.1 Å². The van der Waals surface area contributed by atoms with Crippen molar-refractivity contribution in [1.29, 1.82) is 0 Å². The topological polar surface area (TPSA) is 125 Å². The number of halogens is 3. The fourth-order valence-electron chi connectivity index (χ4n) is 5.11. The number of hydrogen-bond donors (Lipinski definition) is 1. The minimum Gasteiger partial charge on any atom is -0.444 e. The Kier molecular flexibility index (Phi) is 9.02. The molecule has 5 rings (SSSR count). The van der Waals surface area contributed by atoms with Crippen LogP contribution in [0.3, 0.4) is 0 Å². The smallest absolute Gasteiger partial charge is 0.407 e. The zero-order chi connectivity index (χ0) is 32.6. The van der Waals surface area contributed by atoms with E-state index in [0.29, 0.717) is 5.69 Å². The van der Waals surface area contributed by atoms with Crippen molar-refractivity contribution in [3.63, 3.8) is 0 Å². The minimum absolute atomic E-state index is 0.00995. The van der Waals surface area contributed by atoms with Gasteiger partial charge in [0.1, 0.15) is 16.4 Å². The highest BCUT2D eigenvalue weighted by Crippen LogP contribution is 2.36. The molecule has 1 atom stereocenters. The average molecular weight is 663 g/mol. The first kappa shape index (κ1) is 32.5. The SMILES string of the molecule is CC(C)(C)OC(=O)NC1CC(=O)N(c2ccc(S(=O)(=O)N3CCN(c4nc(Cl)cc(C(F)(F)c5ccccc5)n4)CC3)cc2)C1. The molecule has 2 aliphatic rings. The Labute approximate surface area is 265 Å². The second-order valence-electron chi connectivity index (χ2n) is 11.8. The van der Waals surface area contributed by atoms with Crippen LogP contribution in [0.1, 0.15) is 38.4 Å². The molecule has 1 aromatic heterocycles. The fourth-order valence-corrected chi connectivity index (χ4v) is 6.71. The van der Waals surface area contributed by atoms with E-state index in [-0.39, 0.29) is 66.6 Å². The molecule has 240 valence electrons. The quantitative estimate of drug-likeness (QED) is 0.369. The number of benzene rings is 2. The normalized spacial score (nSPS) is 18.3. The number of ether oxygens (including phenoxy) is 1. The first-order valence-electron chi connectivity index (χ1n) is 14.3. The van der Waals surface area contributed by atoms with Gasteiger partial charge in [-0.05, 0) is 45.0 Å². The molecule has 1 unspecified atom stereocenters. The third kappa shape index (κ3) is 7.34. The second kappa shape index (κ2) is 12.5. The molecule has 2 aromatic carbocycles. The first-order chi connectivity index (χ1) is 21.1. The van der Waals surface area contributed by atoms with Crippen molar-refractivity contribution >= 4 is 45.3 Å². The van der Waals surface area contributed by atoms with Gasteiger partial charge in [0.05, 0.1) is 10.9 Å². The van der Waals surface area contributed by atoms with Gasteiger partial charge in [0, 0.05) is 56.5 Å². The standard InChI is InChI=1S/C30H33ClF2N6O5S/c1-29(2,3)44-28(41)34-21-17-26(40)39(19-21)22-9-11-23(12-10-22)45(42,43)38-15-13-37(14-16-38)27-35-24(18-25(31)36-27)30(32,33)20-7-5-4-6-8-20/h4-12,18,21H,13-17,19H2,1-3H3,(H,34,41). The highest BCUT2D eigenvalue weighted by atomic mass is 35.5. The molecule has 2 aliphatic heterocycles. The Hall–Kier alpha value is -3.88. The number of rotatable bonds is 7. The molecule has 1 N–H and O–H groups in total. The lowest BCUT2D eigenvalue weighted by Crippen LogP contribution is -2.49. The van der Waals surface area contributed by atoms with Crippen molar-refractivity contribution in [2.45, 2.75) is 49.7 Å². The molecular formula is C30H33ClF2N6O5S. The number of hydrogen-bond acceptors (Lipinski definition) is 8. The molecule has 2 fully saturated rings. The molecule has 0 spiro atoms. The van der Waals surface area contributed by atoms with Crippen LogP contribution in [0.15, 0.2) is 65.6 Å². The summed E-state index contributed by atoms with van der Waals surface area (Å²) in [5, 5.41) is 2.55. The van der Waals surface area contributed by atoms with Gasteiger partial charge in [-0.1, -0.05) is 41.9 Å². The third-order valence-corrected chi connectivity index (χ3v) is 9.40.